The van der Waals surface area contributed by atoms with Gasteiger partial charge in [0.25, 0.3) is 0 Å². The molecule has 0 aliphatic rings. The highest BCUT2D eigenvalue weighted by atomic mass is 16.3. The van der Waals surface area contributed by atoms with E-state index in [1.807, 2.05) is 25.6 Å². The van der Waals surface area contributed by atoms with Crippen LogP contribution in [-0.4, -0.2) is 28.5 Å². The molecule has 0 fully saturated rings. The number of nitrogens with zero attached hydrogens (tertiary/aromatic N) is 2. The second-order valence-corrected chi connectivity index (χ2v) is 4.20. The van der Waals surface area contributed by atoms with Gasteiger partial charge in [-0.15, -0.1) is 0 Å². The molecule has 15 heavy (non-hydrogen) atoms. The summed E-state index contributed by atoms with van der Waals surface area (Å²) in [6.07, 6.45) is -0.470. The molecule has 0 aliphatic heterocycles. The van der Waals surface area contributed by atoms with Crippen LogP contribution >= 0.6 is 0 Å². The highest BCUT2D eigenvalue weighted by Crippen LogP contribution is 2.23. The fraction of sp³-hybridized carbons (Fsp3) is 0.727. The summed E-state index contributed by atoms with van der Waals surface area (Å²) < 4.78 is 1.96. The Morgan fingerprint density at radius 2 is 2.00 bits per heavy atom. The summed E-state index contributed by atoms with van der Waals surface area (Å²) in [5, 5.41) is 17.4. The Morgan fingerprint density at radius 1 is 1.40 bits per heavy atom. The lowest BCUT2D eigenvalue weighted by Gasteiger charge is -2.12. The molecule has 86 valence electrons. The van der Waals surface area contributed by atoms with E-state index in [1.165, 1.54) is 0 Å². The van der Waals surface area contributed by atoms with Crippen LogP contribution in [0.2, 0.25) is 0 Å². The molecule has 0 aliphatic carbocycles. The normalized spacial score (nSPS) is 13.5. The first-order chi connectivity index (χ1) is 6.99. The first-order valence-corrected chi connectivity index (χ1v) is 5.37. The standard InChI is InChI=1S/C11H21N3O/c1-7(2)14-9(4)11(8(3)13-14)10(15)6-12-5/h7,10,12,15H,6H2,1-5H3. The summed E-state index contributed by atoms with van der Waals surface area (Å²) in [5.74, 6) is 0. The molecule has 0 saturated heterocycles. The number of hydrogen-bond donors (Lipinski definition) is 2. The van der Waals surface area contributed by atoms with Crippen molar-refractivity contribution in [1.82, 2.24) is 15.1 Å². The number of nitrogens with one attached hydrogen (secondary N) is 1. The van der Waals surface area contributed by atoms with Gasteiger partial charge in [-0.05, 0) is 34.7 Å². The minimum atomic E-state index is -0.470. The molecule has 1 unspecified atom stereocenters. The summed E-state index contributed by atoms with van der Waals surface area (Å²) in [7, 11) is 1.83. The van der Waals surface area contributed by atoms with Gasteiger partial charge in [-0.3, -0.25) is 4.68 Å². The number of likely N-dealkylation sites (N-methyl/N-ethyl adjacent to an activating group) is 1. The molecule has 0 saturated carbocycles. The van der Waals surface area contributed by atoms with Crippen LogP contribution in [0, 0.1) is 13.8 Å². The van der Waals surface area contributed by atoms with Gasteiger partial charge < -0.3 is 10.4 Å². The number of hydrogen-bond acceptors (Lipinski definition) is 3. The van der Waals surface area contributed by atoms with Crippen molar-refractivity contribution in [3.05, 3.63) is 17.0 Å². The average Bonchev–Trinajstić information content (AvgIpc) is 2.42. The Balaban J connectivity index is 3.07. The van der Waals surface area contributed by atoms with Gasteiger partial charge in [0.15, 0.2) is 0 Å². The molecule has 4 heteroatoms. The molecule has 0 aromatic carbocycles. The number of aliphatic hydroxyl groups excluding tert-OH is 1. The average molecular weight is 211 g/mol. The zero-order valence-corrected chi connectivity index (χ0v) is 10.2. The Morgan fingerprint density at radius 3 is 2.40 bits per heavy atom. The molecular weight excluding hydrogens is 190 g/mol. The summed E-state index contributed by atoms with van der Waals surface area (Å²) in [4.78, 5) is 0. The van der Waals surface area contributed by atoms with Crippen LogP contribution in [0.5, 0.6) is 0 Å². The van der Waals surface area contributed by atoms with E-state index in [2.05, 4.69) is 24.3 Å². The van der Waals surface area contributed by atoms with E-state index in [1.54, 1.807) is 0 Å². The van der Waals surface area contributed by atoms with Crippen molar-refractivity contribution in [2.45, 2.75) is 39.8 Å². The lowest BCUT2D eigenvalue weighted by atomic mass is 10.1. The van der Waals surface area contributed by atoms with Gasteiger partial charge in [-0.25, -0.2) is 0 Å². The van der Waals surface area contributed by atoms with E-state index in [9.17, 15) is 5.11 Å². The second-order valence-electron chi connectivity index (χ2n) is 4.20. The van der Waals surface area contributed by atoms with E-state index in [0.717, 1.165) is 17.0 Å². The lowest BCUT2D eigenvalue weighted by molar-refractivity contribution is 0.176. The zero-order valence-electron chi connectivity index (χ0n) is 10.2. The molecule has 0 spiro atoms. The van der Waals surface area contributed by atoms with Crippen LogP contribution in [0.4, 0.5) is 0 Å². The third-order valence-electron chi connectivity index (χ3n) is 2.60. The van der Waals surface area contributed by atoms with Gasteiger partial charge in [0.05, 0.1) is 11.8 Å². The number of aryl methyl sites for hydroxylation is 1. The van der Waals surface area contributed by atoms with Crippen LogP contribution in [0.15, 0.2) is 0 Å². The molecular formula is C11H21N3O. The van der Waals surface area contributed by atoms with Crippen LogP contribution < -0.4 is 5.32 Å². The summed E-state index contributed by atoms with van der Waals surface area (Å²) >= 11 is 0. The van der Waals surface area contributed by atoms with Crippen molar-refractivity contribution in [3.8, 4) is 0 Å². The van der Waals surface area contributed by atoms with Crippen molar-refractivity contribution in [2.75, 3.05) is 13.6 Å². The largest absolute Gasteiger partial charge is 0.387 e. The molecule has 4 nitrogen and oxygen atoms in total. The third kappa shape index (κ3) is 2.38. The van der Waals surface area contributed by atoms with Crippen molar-refractivity contribution in [3.63, 3.8) is 0 Å². The minimum absolute atomic E-state index is 0.333. The van der Waals surface area contributed by atoms with E-state index in [0.29, 0.717) is 12.6 Å². The first kappa shape index (κ1) is 12.2. The maximum atomic E-state index is 9.96. The molecule has 0 radical (unpaired) electrons. The van der Waals surface area contributed by atoms with E-state index < -0.39 is 6.10 Å². The van der Waals surface area contributed by atoms with Gasteiger partial charge in [0.2, 0.25) is 0 Å². The summed E-state index contributed by atoms with van der Waals surface area (Å²) in [5.41, 5.74) is 2.94. The van der Waals surface area contributed by atoms with E-state index >= 15 is 0 Å². The van der Waals surface area contributed by atoms with Crippen LogP contribution in [-0.2, 0) is 0 Å². The summed E-state index contributed by atoms with van der Waals surface area (Å²) in [6, 6.07) is 0.333. The topological polar surface area (TPSA) is 50.1 Å². The molecule has 2 N–H and O–H groups in total. The Labute approximate surface area is 91.3 Å². The first-order valence-electron chi connectivity index (χ1n) is 5.37. The van der Waals surface area contributed by atoms with Gasteiger partial charge >= 0.3 is 0 Å². The van der Waals surface area contributed by atoms with Crippen LogP contribution in [0.1, 0.15) is 42.9 Å². The molecule has 1 aromatic heterocycles. The lowest BCUT2D eigenvalue weighted by Crippen LogP contribution is -2.18. The Bertz CT molecular complexity index is 331. The number of aromatic nitrogens is 2. The van der Waals surface area contributed by atoms with Crippen molar-refractivity contribution in [2.24, 2.45) is 0 Å². The molecule has 0 amide bonds. The maximum Gasteiger partial charge on any atom is 0.0949 e. The monoisotopic (exact) mass is 211 g/mol. The molecule has 0 bridgehead atoms. The van der Waals surface area contributed by atoms with Gasteiger partial charge in [-0.1, -0.05) is 0 Å². The van der Waals surface area contributed by atoms with Gasteiger partial charge in [-0.2, -0.15) is 5.10 Å². The second kappa shape index (κ2) is 4.77. The van der Waals surface area contributed by atoms with Gasteiger partial charge in [0, 0.05) is 23.8 Å². The Kier molecular flexibility index (Phi) is 3.88. The quantitative estimate of drug-likeness (QED) is 0.790. The predicted molar refractivity (Wildman–Crippen MR) is 61.0 cm³/mol. The molecule has 1 heterocycles. The number of rotatable bonds is 4. The predicted octanol–water partition coefficient (Wildman–Crippen LogP) is 1.33. The highest BCUT2D eigenvalue weighted by Gasteiger charge is 2.19. The smallest absolute Gasteiger partial charge is 0.0949 e. The zero-order chi connectivity index (χ0) is 11.6. The maximum absolute atomic E-state index is 9.96. The van der Waals surface area contributed by atoms with E-state index in [4.69, 9.17) is 0 Å². The Hall–Kier alpha value is -0.870. The molecule has 1 atom stereocenters. The van der Waals surface area contributed by atoms with Crippen molar-refractivity contribution >= 4 is 0 Å². The van der Waals surface area contributed by atoms with Crippen molar-refractivity contribution < 1.29 is 5.11 Å². The third-order valence-corrected chi connectivity index (χ3v) is 2.60. The molecule has 1 rings (SSSR count). The SMILES string of the molecule is CNCC(O)c1c(C)nn(C(C)C)c1C. The highest BCUT2D eigenvalue weighted by molar-refractivity contribution is 5.27. The van der Waals surface area contributed by atoms with Gasteiger partial charge in [0.1, 0.15) is 0 Å². The minimum Gasteiger partial charge on any atom is -0.387 e. The summed E-state index contributed by atoms with van der Waals surface area (Å²) in [6.45, 7) is 8.70. The fourth-order valence-electron chi connectivity index (χ4n) is 1.96. The van der Waals surface area contributed by atoms with E-state index in [-0.39, 0.29) is 0 Å². The van der Waals surface area contributed by atoms with Crippen LogP contribution in [0.25, 0.3) is 0 Å². The van der Waals surface area contributed by atoms with Crippen LogP contribution in [0.3, 0.4) is 0 Å². The number of aliphatic hydroxyl groups is 1. The fourth-order valence-corrected chi connectivity index (χ4v) is 1.96. The molecule has 1 aromatic rings. The van der Waals surface area contributed by atoms with Crippen molar-refractivity contribution in [1.29, 1.82) is 0 Å².